The van der Waals surface area contributed by atoms with Crippen molar-refractivity contribution in [2.75, 3.05) is 0 Å². The van der Waals surface area contributed by atoms with Crippen molar-refractivity contribution in [2.45, 2.75) is 56.6 Å². The Labute approximate surface area is 88.8 Å². The molecule has 3 rings (SSSR count). The highest BCUT2D eigenvalue weighted by Crippen LogP contribution is 2.46. The Morgan fingerprint density at radius 2 is 2.00 bits per heavy atom. The summed E-state index contributed by atoms with van der Waals surface area (Å²) >= 11 is 0. The molecule has 0 aromatic carbocycles. The maximum Gasteiger partial charge on any atom is 0.188 e. The molecule has 2 heterocycles. The number of ether oxygens (including phenoxy) is 3. The Hall–Kier alpha value is -0.420. The summed E-state index contributed by atoms with van der Waals surface area (Å²) in [4.78, 5) is 0. The van der Waals surface area contributed by atoms with Crippen molar-refractivity contribution < 1.29 is 19.3 Å². The standard InChI is InChI=1S/C11H16O4/c1-10(2)13-8-6-11(15-9(8)14-10)4-3-7(12)5-11/h3-4,7-9,12H,5-6H2,1-2H3/t7?,8-,9+,11?/m1/s1. The van der Waals surface area contributed by atoms with E-state index >= 15 is 0 Å². The molecule has 4 nitrogen and oxygen atoms in total. The summed E-state index contributed by atoms with van der Waals surface area (Å²) in [5.74, 6) is -0.544. The van der Waals surface area contributed by atoms with E-state index in [4.69, 9.17) is 14.2 Å². The molecule has 1 aliphatic carbocycles. The minimum absolute atomic E-state index is 0.00468. The van der Waals surface area contributed by atoms with Crippen molar-refractivity contribution in [3.05, 3.63) is 12.2 Å². The number of hydrogen-bond acceptors (Lipinski definition) is 4. The predicted molar refractivity (Wildman–Crippen MR) is 52.0 cm³/mol. The van der Waals surface area contributed by atoms with Crippen molar-refractivity contribution in [2.24, 2.45) is 0 Å². The maximum atomic E-state index is 9.47. The second-order valence-corrected chi connectivity index (χ2v) is 5.06. The minimum Gasteiger partial charge on any atom is -0.389 e. The van der Waals surface area contributed by atoms with E-state index in [0.29, 0.717) is 6.42 Å². The Morgan fingerprint density at radius 3 is 2.60 bits per heavy atom. The zero-order valence-electron chi connectivity index (χ0n) is 8.97. The fraction of sp³-hybridized carbons (Fsp3) is 0.818. The molecule has 0 radical (unpaired) electrons. The predicted octanol–water partition coefficient (Wildman–Crippen LogP) is 0.944. The van der Waals surface area contributed by atoms with E-state index in [1.165, 1.54) is 0 Å². The molecule has 15 heavy (non-hydrogen) atoms. The lowest BCUT2D eigenvalue weighted by Crippen LogP contribution is -2.31. The molecule has 2 unspecified atom stereocenters. The monoisotopic (exact) mass is 212 g/mol. The van der Waals surface area contributed by atoms with Gasteiger partial charge < -0.3 is 19.3 Å². The molecule has 3 aliphatic rings. The van der Waals surface area contributed by atoms with E-state index in [9.17, 15) is 5.11 Å². The van der Waals surface area contributed by atoms with E-state index in [-0.39, 0.29) is 18.0 Å². The molecule has 4 heteroatoms. The normalized spacial score (nSPS) is 51.5. The third-order valence-electron chi connectivity index (χ3n) is 3.21. The minimum atomic E-state index is -0.544. The number of aliphatic hydroxyl groups excluding tert-OH is 1. The van der Waals surface area contributed by atoms with E-state index in [0.717, 1.165) is 6.42 Å². The van der Waals surface area contributed by atoms with E-state index in [2.05, 4.69) is 0 Å². The quantitative estimate of drug-likeness (QED) is 0.607. The first kappa shape index (κ1) is 9.78. The van der Waals surface area contributed by atoms with Crippen molar-refractivity contribution in [3.63, 3.8) is 0 Å². The van der Waals surface area contributed by atoms with Gasteiger partial charge in [-0.3, -0.25) is 0 Å². The van der Waals surface area contributed by atoms with Gasteiger partial charge in [-0.1, -0.05) is 12.2 Å². The van der Waals surface area contributed by atoms with Gasteiger partial charge in [0.15, 0.2) is 12.1 Å². The molecular formula is C11H16O4. The number of rotatable bonds is 0. The van der Waals surface area contributed by atoms with Crippen molar-refractivity contribution >= 4 is 0 Å². The first-order valence-electron chi connectivity index (χ1n) is 5.39. The molecule has 1 N–H and O–H groups in total. The molecule has 2 fully saturated rings. The summed E-state index contributed by atoms with van der Waals surface area (Å²) in [6, 6.07) is 0. The second-order valence-electron chi connectivity index (χ2n) is 5.06. The van der Waals surface area contributed by atoms with E-state index in [1.54, 1.807) is 6.08 Å². The van der Waals surface area contributed by atoms with Crippen LogP contribution in [0.1, 0.15) is 26.7 Å². The lowest BCUT2D eigenvalue weighted by molar-refractivity contribution is -0.217. The summed E-state index contributed by atoms with van der Waals surface area (Å²) in [7, 11) is 0. The highest BCUT2D eigenvalue weighted by molar-refractivity contribution is 5.17. The Balaban J connectivity index is 1.75. The maximum absolute atomic E-state index is 9.47. The Kier molecular flexibility index (Phi) is 1.84. The van der Waals surface area contributed by atoms with Crippen LogP contribution in [0.15, 0.2) is 12.2 Å². The van der Waals surface area contributed by atoms with E-state index < -0.39 is 11.9 Å². The van der Waals surface area contributed by atoms with Gasteiger partial charge in [0.1, 0.15) is 6.10 Å². The molecule has 0 amide bonds. The van der Waals surface area contributed by atoms with Crippen LogP contribution < -0.4 is 0 Å². The van der Waals surface area contributed by atoms with Gasteiger partial charge in [0.25, 0.3) is 0 Å². The molecule has 0 bridgehead atoms. The zero-order valence-corrected chi connectivity index (χ0v) is 8.97. The van der Waals surface area contributed by atoms with Crippen LogP contribution in [0.3, 0.4) is 0 Å². The smallest absolute Gasteiger partial charge is 0.188 e. The van der Waals surface area contributed by atoms with Crippen LogP contribution in [0.5, 0.6) is 0 Å². The topological polar surface area (TPSA) is 47.9 Å². The largest absolute Gasteiger partial charge is 0.389 e. The molecule has 1 spiro atoms. The average Bonchev–Trinajstić information content (AvgIpc) is 2.64. The molecule has 2 aliphatic heterocycles. The second kappa shape index (κ2) is 2.83. The third kappa shape index (κ3) is 1.52. The summed E-state index contributed by atoms with van der Waals surface area (Å²) in [5, 5.41) is 9.47. The Bertz CT molecular complexity index is 294. The highest BCUT2D eigenvalue weighted by Gasteiger charge is 2.55. The fourth-order valence-electron chi connectivity index (χ4n) is 2.68. The highest BCUT2D eigenvalue weighted by atomic mass is 16.8. The van der Waals surface area contributed by atoms with Gasteiger partial charge in [-0.2, -0.15) is 0 Å². The lowest BCUT2D eigenvalue weighted by atomic mass is 9.98. The number of aliphatic hydroxyl groups is 1. The van der Waals surface area contributed by atoms with Crippen LogP contribution in [0.25, 0.3) is 0 Å². The lowest BCUT2D eigenvalue weighted by Gasteiger charge is -2.26. The summed E-state index contributed by atoms with van der Waals surface area (Å²) < 4.78 is 17.2. The Morgan fingerprint density at radius 1 is 1.20 bits per heavy atom. The van der Waals surface area contributed by atoms with Gasteiger partial charge in [0, 0.05) is 12.8 Å². The van der Waals surface area contributed by atoms with Gasteiger partial charge in [-0.25, -0.2) is 0 Å². The van der Waals surface area contributed by atoms with Gasteiger partial charge in [-0.05, 0) is 13.8 Å². The van der Waals surface area contributed by atoms with Crippen LogP contribution >= 0.6 is 0 Å². The number of fused-ring (bicyclic) bond motifs is 1. The summed E-state index contributed by atoms with van der Waals surface area (Å²) in [6.07, 6.45) is 4.44. The summed E-state index contributed by atoms with van der Waals surface area (Å²) in [5.41, 5.74) is -0.356. The molecule has 2 saturated heterocycles. The van der Waals surface area contributed by atoms with Crippen LogP contribution in [0.2, 0.25) is 0 Å². The molecule has 4 atom stereocenters. The first-order chi connectivity index (χ1) is 6.98. The molecular weight excluding hydrogens is 196 g/mol. The fourth-order valence-corrected chi connectivity index (χ4v) is 2.68. The molecule has 0 saturated carbocycles. The van der Waals surface area contributed by atoms with Gasteiger partial charge in [-0.15, -0.1) is 0 Å². The van der Waals surface area contributed by atoms with Crippen molar-refractivity contribution in [3.8, 4) is 0 Å². The van der Waals surface area contributed by atoms with Gasteiger partial charge >= 0.3 is 0 Å². The van der Waals surface area contributed by atoms with Gasteiger partial charge in [0.2, 0.25) is 0 Å². The SMILES string of the molecule is CC1(C)O[C@H]2OC3(C=CC(O)C3)C[C@H]2O1. The number of hydrogen-bond donors (Lipinski definition) is 1. The van der Waals surface area contributed by atoms with Crippen LogP contribution in [-0.2, 0) is 14.2 Å². The van der Waals surface area contributed by atoms with Crippen LogP contribution in [0.4, 0.5) is 0 Å². The molecule has 0 aromatic rings. The van der Waals surface area contributed by atoms with Gasteiger partial charge in [0.05, 0.1) is 11.7 Å². The molecule has 84 valence electrons. The third-order valence-corrected chi connectivity index (χ3v) is 3.21. The summed E-state index contributed by atoms with van der Waals surface area (Å²) in [6.45, 7) is 3.78. The van der Waals surface area contributed by atoms with Crippen molar-refractivity contribution in [1.82, 2.24) is 0 Å². The van der Waals surface area contributed by atoms with Crippen LogP contribution in [-0.4, -0.2) is 35.0 Å². The average molecular weight is 212 g/mol. The van der Waals surface area contributed by atoms with Crippen molar-refractivity contribution in [1.29, 1.82) is 0 Å². The zero-order chi connectivity index (χ0) is 10.7. The van der Waals surface area contributed by atoms with Crippen LogP contribution in [0, 0.1) is 0 Å². The first-order valence-corrected chi connectivity index (χ1v) is 5.39. The molecule has 0 aromatic heterocycles. The van der Waals surface area contributed by atoms with E-state index in [1.807, 2.05) is 19.9 Å².